The fraction of sp³-hybridized carbons (Fsp3) is 0.312. The second-order valence-electron chi connectivity index (χ2n) is 5.13. The van der Waals surface area contributed by atoms with E-state index in [2.05, 4.69) is 9.72 Å². The summed E-state index contributed by atoms with van der Waals surface area (Å²) in [7, 11) is 2.45. The van der Waals surface area contributed by atoms with Gasteiger partial charge in [0.15, 0.2) is 5.69 Å². The van der Waals surface area contributed by atoms with Crippen LogP contribution in [0.1, 0.15) is 27.3 Å². The Morgan fingerprint density at radius 2 is 1.80 bits per heavy atom. The third kappa shape index (κ3) is 3.81. The minimum Gasteiger partial charge on any atom is -0.497 e. The van der Waals surface area contributed by atoms with Crippen LogP contribution in [0, 0.1) is 6.92 Å². The van der Waals surface area contributed by atoms with Gasteiger partial charge in [-0.1, -0.05) is 12.1 Å². The molecule has 1 heterocycles. The van der Waals surface area contributed by atoms with Gasteiger partial charge in [-0.05, 0) is 24.6 Å². The number of alkyl halides is 3. The number of ether oxygens (including phenoxy) is 2. The maximum Gasteiger partial charge on any atom is 0.434 e. The van der Waals surface area contributed by atoms with Crippen molar-refractivity contribution < 1.29 is 27.4 Å². The molecule has 134 valence electrons. The van der Waals surface area contributed by atoms with E-state index in [0.29, 0.717) is 11.3 Å². The minimum absolute atomic E-state index is 0.0518. The highest BCUT2D eigenvalue weighted by Crippen LogP contribution is 2.31. The van der Waals surface area contributed by atoms with Crippen molar-refractivity contribution in [2.75, 3.05) is 14.2 Å². The van der Waals surface area contributed by atoms with E-state index < -0.39 is 29.1 Å². The van der Waals surface area contributed by atoms with E-state index in [9.17, 15) is 22.8 Å². The number of carbonyl (C=O) groups excluding carboxylic acids is 1. The number of methoxy groups -OCH3 is 2. The van der Waals surface area contributed by atoms with Crippen molar-refractivity contribution >= 4 is 5.97 Å². The molecule has 2 rings (SSSR count). The minimum atomic E-state index is -4.95. The van der Waals surface area contributed by atoms with Crippen LogP contribution in [-0.4, -0.2) is 29.7 Å². The molecule has 0 atom stereocenters. The Morgan fingerprint density at radius 1 is 1.20 bits per heavy atom. The lowest BCUT2D eigenvalue weighted by Crippen LogP contribution is -2.33. The van der Waals surface area contributed by atoms with Crippen LogP contribution >= 0.6 is 0 Å². The molecule has 0 saturated carbocycles. The summed E-state index contributed by atoms with van der Waals surface area (Å²) in [5.74, 6) is -0.616. The van der Waals surface area contributed by atoms with Crippen LogP contribution in [0.2, 0.25) is 0 Å². The summed E-state index contributed by atoms with van der Waals surface area (Å²) < 4.78 is 49.8. The summed E-state index contributed by atoms with van der Waals surface area (Å²) in [4.78, 5) is 26.9. The van der Waals surface area contributed by atoms with Crippen LogP contribution in [0.5, 0.6) is 5.75 Å². The molecule has 0 unspecified atom stereocenters. The highest BCUT2D eigenvalue weighted by atomic mass is 19.4. The zero-order chi connectivity index (χ0) is 18.8. The van der Waals surface area contributed by atoms with Crippen molar-refractivity contribution in [3.8, 4) is 5.75 Å². The molecule has 0 radical (unpaired) electrons. The second kappa shape index (κ2) is 6.96. The van der Waals surface area contributed by atoms with Crippen LogP contribution in [0.15, 0.2) is 29.1 Å². The summed E-state index contributed by atoms with van der Waals surface area (Å²) in [6.45, 7) is 1.19. The van der Waals surface area contributed by atoms with Crippen molar-refractivity contribution in [3.63, 3.8) is 0 Å². The molecule has 0 N–H and O–H groups in total. The summed E-state index contributed by atoms with van der Waals surface area (Å²) in [5.41, 5.74) is -2.97. The quantitative estimate of drug-likeness (QED) is 0.787. The molecule has 9 heteroatoms. The number of esters is 1. The maximum absolute atomic E-state index is 13.1. The zero-order valence-corrected chi connectivity index (χ0v) is 13.7. The van der Waals surface area contributed by atoms with Crippen LogP contribution in [-0.2, 0) is 17.5 Å². The molecular weight excluding hydrogens is 341 g/mol. The summed E-state index contributed by atoms with van der Waals surface area (Å²) in [6.07, 6.45) is -4.95. The van der Waals surface area contributed by atoms with Gasteiger partial charge in [0.1, 0.15) is 11.3 Å². The predicted octanol–water partition coefficient (Wildman–Crippen LogP) is 2.41. The first-order chi connectivity index (χ1) is 11.7. The number of carbonyl (C=O) groups is 1. The van der Waals surface area contributed by atoms with Gasteiger partial charge in [-0.3, -0.25) is 4.57 Å². The van der Waals surface area contributed by atoms with Crippen LogP contribution in [0.4, 0.5) is 13.2 Å². The number of aromatic nitrogens is 2. The largest absolute Gasteiger partial charge is 0.497 e. The summed E-state index contributed by atoms with van der Waals surface area (Å²) >= 11 is 0. The zero-order valence-electron chi connectivity index (χ0n) is 13.7. The molecular formula is C16H15F3N2O4. The third-order valence-corrected chi connectivity index (χ3v) is 3.60. The Morgan fingerprint density at radius 3 is 2.28 bits per heavy atom. The Balaban J connectivity index is 2.58. The molecule has 0 aliphatic heterocycles. The Hall–Kier alpha value is -2.84. The fourth-order valence-corrected chi connectivity index (χ4v) is 2.31. The van der Waals surface area contributed by atoms with Gasteiger partial charge in [0.25, 0.3) is 0 Å². The van der Waals surface area contributed by atoms with Crippen molar-refractivity contribution in [2.45, 2.75) is 19.6 Å². The van der Waals surface area contributed by atoms with Gasteiger partial charge in [-0.2, -0.15) is 18.2 Å². The molecule has 25 heavy (non-hydrogen) atoms. The van der Waals surface area contributed by atoms with E-state index in [-0.39, 0.29) is 12.2 Å². The monoisotopic (exact) mass is 356 g/mol. The number of hydrogen-bond acceptors (Lipinski definition) is 5. The lowest BCUT2D eigenvalue weighted by molar-refractivity contribution is -0.142. The number of halogens is 3. The lowest BCUT2D eigenvalue weighted by atomic mass is 10.1. The topological polar surface area (TPSA) is 70.4 Å². The van der Waals surface area contributed by atoms with Crippen LogP contribution < -0.4 is 10.4 Å². The van der Waals surface area contributed by atoms with E-state index in [1.165, 1.54) is 14.0 Å². The fourth-order valence-electron chi connectivity index (χ4n) is 2.31. The van der Waals surface area contributed by atoms with Gasteiger partial charge < -0.3 is 9.47 Å². The smallest absolute Gasteiger partial charge is 0.434 e. The van der Waals surface area contributed by atoms with Gasteiger partial charge in [-0.15, -0.1) is 0 Å². The van der Waals surface area contributed by atoms with Gasteiger partial charge in [0.2, 0.25) is 0 Å². The lowest BCUT2D eigenvalue weighted by Gasteiger charge is -2.17. The number of hydrogen-bond donors (Lipinski definition) is 0. The molecule has 2 aromatic rings. The molecule has 0 bridgehead atoms. The van der Waals surface area contributed by atoms with Gasteiger partial charge in [0, 0.05) is 5.69 Å². The van der Waals surface area contributed by atoms with Crippen molar-refractivity contribution in [1.29, 1.82) is 0 Å². The Bertz CT molecular complexity index is 842. The SMILES string of the molecule is COC(=O)c1c(C(F)(F)F)nc(=O)n(Cc2ccc(OC)cc2)c1C. The Kier molecular flexibility index (Phi) is 5.15. The first-order valence-electron chi connectivity index (χ1n) is 7.09. The molecule has 0 spiro atoms. The van der Waals surface area contributed by atoms with Crippen molar-refractivity contribution in [2.24, 2.45) is 0 Å². The average Bonchev–Trinajstić information content (AvgIpc) is 2.57. The molecule has 0 amide bonds. The van der Waals surface area contributed by atoms with E-state index in [4.69, 9.17) is 4.74 Å². The first kappa shape index (κ1) is 18.5. The highest BCUT2D eigenvalue weighted by molar-refractivity contribution is 5.91. The van der Waals surface area contributed by atoms with Crippen LogP contribution in [0.25, 0.3) is 0 Å². The Labute approximate surface area is 140 Å². The summed E-state index contributed by atoms with van der Waals surface area (Å²) in [5, 5.41) is 0. The molecule has 1 aromatic carbocycles. The highest BCUT2D eigenvalue weighted by Gasteiger charge is 2.40. The van der Waals surface area contributed by atoms with Crippen molar-refractivity contribution in [1.82, 2.24) is 9.55 Å². The normalized spacial score (nSPS) is 11.3. The molecule has 0 saturated heterocycles. The van der Waals surface area contributed by atoms with Crippen molar-refractivity contribution in [3.05, 3.63) is 57.3 Å². The molecule has 0 aliphatic carbocycles. The van der Waals surface area contributed by atoms with Gasteiger partial charge in [-0.25, -0.2) is 9.59 Å². The van der Waals surface area contributed by atoms with Gasteiger partial charge in [0.05, 0.1) is 20.8 Å². The van der Waals surface area contributed by atoms with Crippen LogP contribution in [0.3, 0.4) is 0 Å². The number of nitrogens with zero attached hydrogens (tertiary/aromatic N) is 2. The second-order valence-corrected chi connectivity index (χ2v) is 5.13. The predicted molar refractivity (Wildman–Crippen MR) is 81.7 cm³/mol. The third-order valence-electron chi connectivity index (χ3n) is 3.60. The summed E-state index contributed by atoms with van der Waals surface area (Å²) in [6, 6.07) is 6.60. The maximum atomic E-state index is 13.1. The van der Waals surface area contributed by atoms with E-state index >= 15 is 0 Å². The molecule has 0 aliphatic rings. The average molecular weight is 356 g/mol. The molecule has 0 fully saturated rings. The standard InChI is InChI=1S/C16H15F3N2O4/c1-9-12(14(22)25-3)13(16(17,18)19)20-15(23)21(9)8-10-4-6-11(24-2)7-5-10/h4-7H,8H2,1-3H3. The number of benzene rings is 1. The number of rotatable bonds is 4. The molecule has 1 aromatic heterocycles. The van der Waals surface area contributed by atoms with Gasteiger partial charge >= 0.3 is 17.8 Å². The molecule has 6 nitrogen and oxygen atoms in total. The first-order valence-corrected chi connectivity index (χ1v) is 7.09. The van der Waals surface area contributed by atoms with E-state index in [1.807, 2.05) is 0 Å². The van der Waals surface area contributed by atoms with E-state index in [1.54, 1.807) is 24.3 Å². The van der Waals surface area contributed by atoms with E-state index in [0.717, 1.165) is 11.7 Å².